The number of urea groups is 1. The fourth-order valence-corrected chi connectivity index (χ4v) is 4.09. The highest BCUT2D eigenvalue weighted by molar-refractivity contribution is 9.10. The average molecular weight is 435 g/mol. The van der Waals surface area contributed by atoms with Gasteiger partial charge in [-0.1, -0.05) is 18.2 Å². The van der Waals surface area contributed by atoms with E-state index in [4.69, 9.17) is 11.5 Å². The Morgan fingerprint density at radius 2 is 1.92 bits per heavy atom. The number of nitrogens with two attached hydrogens (primary N) is 2. The number of carbonyl (C=O) groups excluding carboxylic acids is 2. The molecule has 0 unspecified atom stereocenters. The van der Waals surface area contributed by atoms with E-state index in [1.54, 1.807) is 22.7 Å². The number of nitrogen functional groups attached to an aromatic ring is 2. The van der Waals surface area contributed by atoms with E-state index in [-0.39, 0.29) is 18.5 Å². The zero-order valence-corrected chi connectivity index (χ0v) is 16.9. The fourth-order valence-electron chi connectivity index (χ4n) is 2.86. The maximum absolute atomic E-state index is 12.1. The van der Waals surface area contributed by atoms with Crippen LogP contribution in [0.4, 0.5) is 16.2 Å². The van der Waals surface area contributed by atoms with Crippen LogP contribution in [0.2, 0.25) is 0 Å². The number of benzene rings is 2. The Bertz CT molecular complexity index is 903. The van der Waals surface area contributed by atoms with Gasteiger partial charge in [-0.05, 0) is 51.0 Å². The molecule has 0 saturated carbocycles. The Morgan fingerprint density at radius 1 is 1.19 bits per heavy atom. The van der Waals surface area contributed by atoms with Crippen LogP contribution in [-0.2, 0) is 11.3 Å². The number of rotatable bonds is 4. The summed E-state index contributed by atoms with van der Waals surface area (Å²) >= 11 is 5.11. The second-order valence-electron chi connectivity index (χ2n) is 6.05. The van der Waals surface area contributed by atoms with E-state index in [2.05, 4.69) is 22.0 Å². The molecule has 0 bridgehead atoms. The molecule has 1 fully saturated rings. The summed E-state index contributed by atoms with van der Waals surface area (Å²) in [6.45, 7) is 0.515. The summed E-state index contributed by atoms with van der Waals surface area (Å²) < 4.78 is 0.763. The summed E-state index contributed by atoms with van der Waals surface area (Å²) in [6, 6.07) is 9.47. The van der Waals surface area contributed by atoms with Gasteiger partial charge in [0.1, 0.15) is 6.54 Å². The second kappa shape index (κ2) is 7.20. The summed E-state index contributed by atoms with van der Waals surface area (Å²) in [6.07, 6.45) is 1.98. The predicted octanol–water partition coefficient (Wildman–Crippen LogP) is 3.40. The third kappa shape index (κ3) is 3.26. The third-order valence-electron chi connectivity index (χ3n) is 4.43. The van der Waals surface area contributed by atoms with Crippen molar-refractivity contribution in [3.8, 4) is 11.1 Å². The number of imide groups is 1. The van der Waals surface area contributed by atoms with Gasteiger partial charge in [0.15, 0.2) is 0 Å². The first-order valence-electron chi connectivity index (χ1n) is 7.89. The minimum Gasteiger partial charge on any atom is -0.397 e. The molecule has 2 aromatic rings. The molecular formula is C18H19BrN4O2S. The molecule has 3 rings (SSSR count). The lowest BCUT2D eigenvalue weighted by molar-refractivity contribution is -0.124. The molecule has 4 N–H and O–H groups in total. The fraction of sp³-hybridized carbons (Fsp3) is 0.222. The Balaban J connectivity index is 1.93. The lowest BCUT2D eigenvalue weighted by Crippen LogP contribution is -2.29. The van der Waals surface area contributed by atoms with Gasteiger partial charge in [0, 0.05) is 18.5 Å². The van der Waals surface area contributed by atoms with Crippen molar-refractivity contribution in [2.75, 3.05) is 31.3 Å². The summed E-state index contributed by atoms with van der Waals surface area (Å²) in [7, 11) is 1.51. The van der Waals surface area contributed by atoms with Crippen LogP contribution in [0.3, 0.4) is 0 Å². The van der Waals surface area contributed by atoms with Crippen LogP contribution in [-0.4, -0.2) is 41.6 Å². The number of likely N-dealkylation sites (N-methyl/N-ethyl adjacent to an activating group) is 1. The molecule has 1 aliphatic heterocycles. The molecule has 0 spiro atoms. The van der Waals surface area contributed by atoms with Gasteiger partial charge in [0.2, 0.25) is 5.91 Å². The van der Waals surface area contributed by atoms with E-state index in [0.717, 1.165) is 31.0 Å². The number of amides is 3. The first kappa shape index (κ1) is 18.6. The van der Waals surface area contributed by atoms with Crippen LogP contribution in [0.5, 0.6) is 0 Å². The maximum Gasteiger partial charge on any atom is 0.327 e. The highest BCUT2D eigenvalue weighted by Gasteiger charge is 2.33. The molecule has 8 heteroatoms. The van der Waals surface area contributed by atoms with Gasteiger partial charge in [-0.25, -0.2) is 4.79 Å². The van der Waals surface area contributed by atoms with E-state index in [1.807, 2.05) is 24.5 Å². The van der Waals surface area contributed by atoms with Crippen molar-refractivity contribution in [2.24, 2.45) is 0 Å². The van der Waals surface area contributed by atoms with Gasteiger partial charge < -0.3 is 16.4 Å². The molecule has 3 amide bonds. The van der Waals surface area contributed by atoms with Crippen LogP contribution < -0.4 is 11.5 Å². The van der Waals surface area contributed by atoms with Crippen molar-refractivity contribution in [1.29, 1.82) is 0 Å². The van der Waals surface area contributed by atoms with Gasteiger partial charge in [-0.15, -0.1) is 11.8 Å². The monoisotopic (exact) mass is 434 g/mol. The van der Waals surface area contributed by atoms with Crippen LogP contribution in [0.25, 0.3) is 11.1 Å². The van der Waals surface area contributed by atoms with Crippen molar-refractivity contribution in [3.05, 3.63) is 40.4 Å². The summed E-state index contributed by atoms with van der Waals surface area (Å²) in [5.41, 5.74) is 15.9. The summed E-state index contributed by atoms with van der Waals surface area (Å²) in [4.78, 5) is 27.6. The minimum absolute atomic E-state index is 0.116. The second-order valence-corrected chi connectivity index (χ2v) is 7.69. The largest absolute Gasteiger partial charge is 0.397 e. The van der Waals surface area contributed by atoms with Crippen molar-refractivity contribution < 1.29 is 9.59 Å². The van der Waals surface area contributed by atoms with Gasteiger partial charge in [0.05, 0.1) is 15.8 Å². The number of nitrogens with zero attached hydrogens (tertiary/aromatic N) is 2. The van der Waals surface area contributed by atoms with Crippen molar-refractivity contribution >= 4 is 51.0 Å². The van der Waals surface area contributed by atoms with Crippen LogP contribution in [0.15, 0.2) is 39.7 Å². The van der Waals surface area contributed by atoms with Crippen molar-refractivity contribution in [3.63, 3.8) is 0 Å². The van der Waals surface area contributed by atoms with Gasteiger partial charge in [-0.3, -0.25) is 9.69 Å². The van der Waals surface area contributed by atoms with E-state index in [0.29, 0.717) is 17.9 Å². The number of halogens is 1. The number of thioether (sulfide) groups is 1. The standard InChI is InChI=1S/C18H19BrN4O2S/c1-22-15(24)9-23(18(22)25)8-11-4-3-10(7-14(11)26-2)12-5-6-13(20)17(21)16(12)19/h3-7H,8-9,20-21H2,1-2H3. The Kier molecular flexibility index (Phi) is 5.15. The van der Waals surface area contributed by atoms with E-state index in [1.165, 1.54) is 7.05 Å². The Hall–Kier alpha value is -2.19. The van der Waals surface area contributed by atoms with E-state index in [9.17, 15) is 9.59 Å². The number of hydrogen-bond acceptors (Lipinski definition) is 5. The number of anilines is 2. The van der Waals surface area contributed by atoms with E-state index < -0.39 is 0 Å². The van der Waals surface area contributed by atoms with E-state index >= 15 is 0 Å². The molecule has 26 heavy (non-hydrogen) atoms. The van der Waals surface area contributed by atoms with Crippen LogP contribution >= 0.6 is 27.7 Å². The molecule has 6 nitrogen and oxygen atoms in total. The summed E-state index contributed by atoms with van der Waals surface area (Å²) in [5.74, 6) is -0.182. The first-order valence-corrected chi connectivity index (χ1v) is 9.91. The lowest BCUT2D eigenvalue weighted by atomic mass is 10.0. The minimum atomic E-state index is -0.264. The first-order chi connectivity index (χ1) is 12.3. The SMILES string of the molecule is CSc1cc(-c2ccc(N)c(N)c2Br)ccc1CN1CC(=O)N(C)C1=O. The highest BCUT2D eigenvalue weighted by Crippen LogP contribution is 2.38. The smallest absolute Gasteiger partial charge is 0.327 e. The maximum atomic E-state index is 12.1. The van der Waals surface area contributed by atoms with Crippen LogP contribution in [0, 0.1) is 0 Å². The van der Waals surface area contributed by atoms with Gasteiger partial charge >= 0.3 is 6.03 Å². The molecule has 1 saturated heterocycles. The van der Waals surface area contributed by atoms with Crippen molar-refractivity contribution in [2.45, 2.75) is 11.4 Å². The number of hydrogen-bond donors (Lipinski definition) is 2. The van der Waals surface area contributed by atoms with Crippen LogP contribution in [0.1, 0.15) is 5.56 Å². The van der Waals surface area contributed by atoms with Crippen molar-refractivity contribution in [1.82, 2.24) is 9.80 Å². The molecule has 0 aromatic heterocycles. The predicted molar refractivity (Wildman–Crippen MR) is 109 cm³/mol. The molecule has 0 atom stereocenters. The lowest BCUT2D eigenvalue weighted by Gasteiger charge is -2.18. The molecule has 1 aliphatic rings. The zero-order valence-electron chi connectivity index (χ0n) is 14.5. The van der Waals surface area contributed by atoms with Gasteiger partial charge in [-0.2, -0.15) is 0 Å². The normalized spacial score (nSPS) is 14.4. The Morgan fingerprint density at radius 3 is 2.54 bits per heavy atom. The quantitative estimate of drug-likeness (QED) is 0.436. The molecular weight excluding hydrogens is 416 g/mol. The third-order valence-corrected chi connectivity index (χ3v) is 6.10. The molecule has 136 valence electrons. The van der Waals surface area contributed by atoms with Gasteiger partial charge in [0.25, 0.3) is 0 Å². The molecule has 0 radical (unpaired) electrons. The Labute approximate surface area is 164 Å². The molecule has 1 heterocycles. The average Bonchev–Trinajstić information content (AvgIpc) is 2.87. The summed E-state index contributed by atoms with van der Waals surface area (Å²) in [5, 5.41) is 0. The topological polar surface area (TPSA) is 92.7 Å². The molecule has 0 aliphatic carbocycles. The molecule has 2 aromatic carbocycles. The number of carbonyl (C=O) groups is 2. The zero-order chi connectivity index (χ0) is 19.0. The highest BCUT2D eigenvalue weighted by atomic mass is 79.9.